The van der Waals surface area contributed by atoms with Crippen LogP contribution in [-0.2, 0) is 4.74 Å². The molecule has 25 heavy (non-hydrogen) atoms. The molecule has 2 N–H and O–H groups in total. The molecule has 0 aliphatic rings. The molecule has 3 aromatic rings. The summed E-state index contributed by atoms with van der Waals surface area (Å²) in [5, 5.41) is 9.01. The lowest BCUT2D eigenvalue weighted by molar-refractivity contribution is 0.0934. The molecule has 0 saturated heterocycles. The van der Waals surface area contributed by atoms with Gasteiger partial charge >= 0.3 is 0 Å². The first-order valence-corrected chi connectivity index (χ1v) is 7.59. The minimum absolute atomic E-state index is 0.0770. The first kappa shape index (κ1) is 16.7. The van der Waals surface area contributed by atoms with Gasteiger partial charge < -0.3 is 19.9 Å². The molecular formula is C16H17N5O4. The van der Waals surface area contributed by atoms with Crippen LogP contribution in [0.5, 0.6) is 0 Å². The van der Waals surface area contributed by atoms with Gasteiger partial charge in [-0.05, 0) is 19.1 Å². The molecule has 3 heterocycles. The second-order valence-corrected chi connectivity index (χ2v) is 5.27. The summed E-state index contributed by atoms with van der Waals surface area (Å²) in [5.41, 5.74) is 0.692. The van der Waals surface area contributed by atoms with E-state index in [4.69, 9.17) is 9.26 Å². The standard InChI is InChI=1S/C16H17N5O4/c1-10-9-12(20-25-10)18-16(23)14-19-13(15(22)17-6-8-24-2)11-5-3-4-7-21(11)14/h3-5,7,9H,6,8H2,1-2H3,(H,17,22)(H,18,20,23). The Morgan fingerprint density at radius 1 is 1.32 bits per heavy atom. The lowest BCUT2D eigenvalue weighted by atomic mass is 10.3. The van der Waals surface area contributed by atoms with Crippen LogP contribution in [0.25, 0.3) is 5.52 Å². The summed E-state index contributed by atoms with van der Waals surface area (Å²) in [6, 6.07) is 6.82. The van der Waals surface area contributed by atoms with Gasteiger partial charge in [0, 0.05) is 25.9 Å². The van der Waals surface area contributed by atoms with Gasteiger partial charge in [0.15, 0.2) is 11.5 Å². The summed E-state index contributed by atoms with van der Waals surface area (Å²) < 4.78 is 11.4. The summed E-state index contributed by atoms with van der Waals surface area (Å²) in [5.74, 6) is 0.0541. The number of carbonyl (C=O) groups excluding carboxylic acids is 2. The molecule has 0 aliphatic carbocycles. The van der Waals surface area contributed by atoms with E-state index < -0.39 is 5.91 Å². The highest BCUT2D eigenvalue weighted by Gasteiger charge is 2.21. The van der Waals surface area contributed by atoms with Crippen molar-refractivity contribution in [2.24, 2.45) is 0 Å². The maximum absolute atomic E-state index is 12.5. The Labute approximate surface area is 143 Å². The fraction of sp³-hybridized carbons (Fsp3) is 0.250. The van der Waals surface area contributed by atoms with Gasteiger partial charge in [0.2, 0.25) is 5.82 Å². The lowest BCUT2D eigenvalue weighted by Crippen LogP contribution is -2.27. The smallest absolute Gasteiger partial charge is 0.293 e. The van der Waals surface area contributed by atoms with Gasteiger partial charge in [0.05, 0.1) is 12.1 Å². The van der Waals surface area contributed by atoms with E-state index in [2.05, 4.69) is 20.8 Å². The zero-order valence-corrected chi connectivity index (χ0v) is 13.8. The molecule has 0 spiro atoms. The molecule has 0 atom stereocenters. The zero-order valence-electron chi connectivity index (χ0n) is 13.8. The zero-order chi connectivity index (χ0) is 17.8. The Kier molecular flexibility index (Phi) is 4.75. The highest BCUT2D eigenvalue weighted by Crippen LogP contribution is 2.15. The van der Waals surface area contributed by atoms with Crippen LogP contribution in [0.1, 0.15) is 26.9 Å². The van der Waals surface area contributed by atoms with Crippen LogP contribution in [0.3, 0.4) is 0 Å². The first-order valence-electron chi connectivity index (χ1n) is 7.59. The molecule has 0 unspecified atom stereocenters. The topological polar surface area (TPSA) is 111 Å². The van der Waals surface area contributed by atoms with Gasteiger partial charge in [-0.15, -0.1) is 0 Å². The predicted octanol–water partition coefficient (Wildman–Crippen LogP) is 1.26. The second kappa shape index (κ2) is 7.14. The monoisotopic (exact) mass is 343 g/mol. The number of nitrogens with zero attached hydrogens (tertiary/aromatic N) is 3. The number of fused-ring (bicyclic) bond motifs is 1. The number of pyridine rings is 1. The number of rotatable bonds is 6. The summed E-state index contributed by atoms with van der Waals surface area (Å²) >= 11 is 0. The van der Waals surface area contributed by atoms with Crippen molar-refractivity contribution >= 4 is 23.1 Å². The SMILES string of the molecule is COCCNC(=O)c1nc(C(=O)Nc2cc(C)on2)n2ccccc12. The highest BCUT2D eigenvalue weighted by molar-refractivity contribution is 6.05. The first-order chi connectivity index (χ1) is 12.1. The van der Waals surface area contributed by atoms with E-state index in [9.17, 15) is 9.59 Å². The van der Waals surface area contributed by atoms with Crippen molar-refractivity contribution in [3.8, 4) is 0 Å². The van der Waals surface area contributed by atoms with Crippen molar-refractivity contribution < 1.29 is 18.8 Å². The summed E-state index contributed by atoms with van der Waals surface area (Å²) in [6.07, 6.45) is 1.66. The van der Waals surface area contributed by atoms with E-state index in [0.717, 1.165) is 0 Å². The maximum atomic E-state index is 12.5. The fourth-order valence-corrected chi connectivity index (χ4v) is 2.31. The Morgan fingerprint density at radius 3 is 2.88 bits per heavy atom. The molecule has 0 radical (unpaired) electrons. The third-order valence-electron chi connectivity index (χ3n) is 3.43. The normalized spacial score (nSPS) is 10.8. The quantitative estimate of drug-likeness (QED) is 0.652. The Morgan fingerprint density at radius 2 is 2.16 bits per heavy atom. The van der Waals surface area contributed by atoms with E-state index in [1.807, 2.05) is 0 Å². The number of aryl methyl sites for hydroxylation is 1. The minimum Gasteiger partial charge on any atom is -0.383 e. The average Bonchev–Trinajstić information content (AvgIpc) is 3.18. The molecule has 0 aliphatic heterocycles. The van der Waals surface area contributed by atoms with Gasteiger partial charge in [-0.2, -0.15) is 0 Å². The molecule has 0 fully saturated rings. The molecule has 0 aromatic carbocycles. The number of hydrogen-bond donors (Lipinski definition) is 2. The van der Waals surface area contributed by atoms with Crippen LogP contribution in [0.15, 0.2) is 35.0 Å². The molecule has 0 saturated carbocycles. The van der Waals surface area contributed by atoms with Crippen LogP contribution in [0.2, 0.25) is 0 Å². The summed E-state index contributed by atoms with van der Waals surface area (Å²) in [4.78, 5) is 29.0. The third kappa shape index (κ3) is 3.50. The fourth-order valence-electron chi connectivity index (χ4n) is 2.31. The third-order valence-corrected chi connectivity index (χ3v) is 3.43. The van der Waals surface area contributed by atoms with Crippen molar-refractivity contribution in [1.29, 1.82) is 0 Å². The van der Waals surface area contributed by atoms with Crippen molar-refractivity contribution in [3.63, 3.8) is 0 Å². The Balaban J connectivity index is 1.90. The van der Waals surface area contributed by atoms with Gasteiger partial charge in [-0.25, -0.2) is 4.98 Å². The largest absolute Gasteiger partial charge is 0.383 e. The molecular weight excluding hydrogens is 326 g/mol. The predicted molar refractivity (Wildman–Crippen MR) is 88.6 cm³/mol. The molecule has 0 bridgehead atoms. The number of methoxy groups -OCH3 is 1. The number of ether oxygens (including phenoxy) is 1. The van der Waals surface area contributed by atoms with Crippen LogP contribution in [0, 0.1) is 6.92 Å². The van der Waals surface area contributed by atoms with Crippen molar-refractivity contribution in [2.75, 3.05) is 25.6 Å². The number of nitrogens with one attached hydrogen (secondary N) is 2. The van der Waals surface area contributed by atoms with Crippen LogP contribution >= 0.6 is 0 Å². The summed E-state index contributed by atoms with van der Waals surface area (Å²) in [7, 11) is 1.55. The molecule has 9 nitrogen and oxygen atoms in total. The summed E-state index contributed by atoms with van der Waals surface area (Å²) in [6.45, 7) is 2.45. The van der Waals surface area contributed by atoms with Crippen LogP contribution in [-0.4, -0.2) is 46.6 Å². The Hall–Kier alpha value is -3.20. The number of aromatic nitrogens is 3. The van der Waals surface area contributed by atoms with E-state index in [-0.39, 0.29) is 23.2 Å². The number of hydrogen-bond acceptors (Lipinski definition) is 6. The number of anilines is 1. The van der Waals surface area contributed by atoms with E-state index in [1.54, 1.807) is 48.9 Å². The van der Waals surface area contributed by atoms with E-state index >= 15 is 0 Å². The Bertz CT molecular complexity index is 914. The second-order valence-electron chi connectivity index (χ2n) is 5.27. The minimum atomic E-state index is -0.495. The van der Waals surface area contributed by atoms with Gasteiger partial charge in [-0.3, -0.25) is 14.0 Å². The van der Waals surface area contributed by atoms with Gasteiger partial charge in [0.25, 0.3) is 11.8 Å². The molecule has 130 valence electrons. The maximum Gasteiger partial charge on any atom is 0.293 e. The molecule has 3 rings (SSSR count). The van der Waals surface area contributed by atoms with E-state index in [0.29, 0.717) is 24.4 Å². The van der Waals surface area contributed by atoms with Crippen molar-refractivity contribution in [1.82, 2.24) is 19.9 Å². The number of imidazole rings is 1. The number of carbonyl (C=O) groups is 2. The molecule has 2 amide bonds. The van der Waals surface area contributed by atoms with Crippen LogP contribution < -0.4 is 10.6 Å². The van der Waals surface area contributed by atoms with Gasteiger partial charge in [0.1, 0.15) is 5.76 Å². The average molecular weight is 343 g/mol. The highest BCUT2D eigenvalue weighted by atomic mass is 16.5. The van der Waals surface area contributed by atoms with Gasteiger partial charge in [-0.1, -0.05) is 11.2 Å². The van der Waals surface area contributed by atoms with E-state index in [1.165, 1.54) is 0 Å². The lowest BCUT2D eigenvalue weighted by Gasteiger charge is -2.02. The van der Waals surface area contributed by atoms with Crippen molar-refractivity contribution in [3.05, 3.63) is 47.7 Å². The van der Waals surface area contributed by atoms with Crippen LogP contribution in [0.4, 0.5) is 5.82 Å². The number of amides is 2. The molecule has 3 aromatic heterocycles. The molecule has 9 heteroatoms. The van der Waals surface area contributed by atoms with Crippen molar-refractivity contribution in [2.45, 2.75) is 6.92 Å².